The molecule has 0 radical (unpaired) electrons. The molecule has 0 unspecified atom stereocenters. The maximum atomic E-state index is 11.4. The Balaban J connectivity index is 2.32. The van der Waals surface area contributed by atoms with Gasteiger partial charge in [0.25, 0.3) is 0 Å². The third kappa shape index (κ3) is 1.98. The summed E-state index contributed by atoms with van der Waals surface area (Å²) in [5.41, 5.74) is 2.37. The van der Waals surface area contributed by atoms with Gasteiger partial charge < -0.3 is 9.73 Å². The maximum absolute atomic E-state index is 11.4. The molecule has 1 N–H and O–H groups in total. The van der Waals surface area contributed by atoms with Crippen LogP contribution in [0.2, 0.25) is 0 Å². The Labute approximate surface area is 94.1 Å². The van der Waals surface area contributed by atoms with E-state index in [9.17, 15) is 4.79 Å². The molecule has 1 heterocycles. The Morgan fingerprint density at radius 3 is 2.56 bits per heavy atom. The van der Waals surface area contributed by atoms with Crippen LogP contribution in [0.4, 0.5) is 11.6 Å². The Hall–Kier alpha value is -2.03. The Kier molecular flexibility index (Phi) is 2.77. The molecule has 2 aromatic rings. The van der Waals surface area contributed by atoms with Crippen molar-refractivity contribution in [2.45, 2.75) is 13.8 Å². The molecular weight excluding hydrogens is 202 g/mol. The van der Waals surface area contributed by atoms with E-state index < -0.39 is 0 Å². The van der Waals surface area contributed by atoms with E-state index in [1.165, 1.54) is 6.92 Å². The van der Waals surface area contributed by atoms with Crippen LogP contribution in [0.3, 0.4) is 0 Å². The zero-order chi connectivity index (χ0) is 11.5. The number of carbonyl (C=O) groups is 1. The Morgan fingerprint density at radius 1 is 1.25 bits per heavy atom. The fourth-order valence-corrected chi connectivity index (χ4v) is 1.63. The molecule has 82 valence electrons. The van der Waals surface area contributed by atoms with Gasteiger partial charge in [0.15, 0.2) is 5.78 Å². The van der Waals surface area contributed by atoms with Crippen molar-refractivity contribution in [1.29, 1.82) is 0 Å². The zero-order valence-electron chi connectivity index (χ0n) is 9.28. The number of ketones is 1. The van der Waals surface area contributed by atoms with Gasteiger partial charge in [-0.1, -0.05) is 18.2 Å². The summed E-state index contributed by atoms with van der Waals surface area (Å²) in [7, 11) is 0. The van der Waals surface area contributed by atoms with E-state index in [1.807, 2.05) is 37.3 Å². The van der Waals surface area contributed by atoms with Crippen LogP contribution in [-0.2, 0) is 0 Å². The quantitative estimate of drug-likeness (QED) is 0.796. The van der Waals surface area contributed by atoms with Gasteiger partial charge in [-0.15, -0.1) is 0 Å². The zero-order valence-corrected chi connectivity index (χ0v) is 9.28. The van der Waals surface area contributed by atoms with Crippen molar-refractivity contribution in [2.75, 3.05) is 5.32 Å². The molecule has 16 heavy (non-hydrogen) atoms. The Morgan fingerprint density at radius 2 is 1.94 bits per heavy atom. The number of hydrogen-bond donors (Lipinski definition) is 1. The van der Waals surface area contributed by atoms with Crippen LogP contribution in [0.1, 0.15) is 22.8 Å². The number of para-hydroxylation sites is 1. The SMILES string of the molecule is CC(=O)c1c(C)coc1Nc1ccccc1. The summed E-state index contributed by atoms with van der Waals surface area (Å²) in [4.78, 5) is 11.4. The third-order valence-corrected chi connectivity index (χ3v) is 2.36. The van der Waals surface area contributed by atoms with Gasteiger partial charge in [-0.25, -0.2) is 0 Å². The molecule has 0 aliphatic heterocycles. The number of anilines is 2. The number of furan rings is 1. The number of hydrogen-bond acceptors (Lipinski definition) is 3. The van der Waals surface area contributed by atoms with Gasteiger partial charge in [0, 0.05) is 11.3 Å². The molecule has 0 fully saturated rings. The number of nitrogens with one attached hydrogen (secondary N) is 1. The average Bonchev–Trinajstić information content (AvgIpc) is 2.61. The first-order valence-electron chi connectivity index (χ1n) is 5.09. The van der Waals surface area contributed by atoms with Gasteiger partial charge in [-0.2, -0.15) is 0 Å². The number of benzene rings is 1. The molecule has 0 saturated heterocycles. The van der Waals surface area contributed by atoms with Crippen molar-refractivity contribution in [3.8, 4) is 0 Å². The molecule has 2 rings (SSSR count). The number of aryl methyl sites for hydroxylation is 1. The highest BCUT2D eigenvalue weighted by Gasteiger charge is 2.14. The smallest absolute Gasteiger partial charge is 0.208 e. The molecule has 0 atom stereocenters. The van der Waals surface area contributed by atoms with Crippen molar-refractivity contribution < 1.29 is 9.21 Å². The van der Waals surface area contributed by atoms with Gasteiger partial charge in [0.05, 0.1) is 11.8 Å². The molecule has 0 amide bonds. The van der Waals surface area contributed by atoms with Crippen LogP contribution in [-0.4, -0.2) is 5.78 Å². The molecule has 1 aromatic heterocycles. The molecule has 0 spiro atoms. The summed E-state index contributed by atoms with van der Waals surface area (Å²) in [5, 5.41) is 3.09. The lowest BCUT2D eigenvalue weighted by Gasteiger charge is -2.04. The van der Waals surface area contributed by atoms with Gasteiger partial charge in [-0.3, -0.25) is 4.79 Å². The first kappa shape index (κ1) is 10.5. The number of rotatable bonds is 3. The predicted octanol–water partition coefficient (Wildman–Crippen LogP) is 3.53. The van der Waals surface area contributed by atoms with Gasteiger partial charge in [0.2, 0.25) is 5.88 Å². The van der Waals surface area contributed by atoms with Gasteiger partial charge >= 0.3 is 0 Å². The van der Waals surface area contributed by atoms with Crippen LogP contribution < -0.4 is 5.32 Å². The van der Waals surface area contributed by atoms with E-state index in [0.29, 0.717) is 11.4 Å². The van der Waals surface area contributed by atoms with E-state index in [2.05, 4.69) is 5.32 Å². The summed E-state index contributed by atoms with van der Waals surface area (Å²) in [6, 6.07) is 9.62. The summed E-state index contributed by atoms with van der Waals surface area (Å²) in [6.45, 7) is 3.39. The molecule has 3 heteroatoms. The standard InChI is InChI=1S/C13H13NO2/c1-9-8-16-13(12(9)10(2)15)14-11-6-4-3-5-7-11/h3-8,14H,1-2H3. The summed E-state index contributed by atoms with van der Waals surface area (Å²) in [5.74, 6) is 0.515. The van der Waals surface area contributed by atoms with E-state index in [0.717, 1.165) is 11.3 Å². The topological polar surface area (TPSA) is 42.2 Å². The van der Waals surface area contributed by atoms with Crippen LogP contribution in [0.25, 0.3) is 0 Å². The van der Waals surface area contributed by atoms with E-state index in [1.54, 1.807) is 6.26 Å². The second-order valence-electron chi connectivity index (χ2n) is 3.67. The van der Waals surface area contributed by atoms with Crippen molar-refractivity contribution in [1.82, 2.24) is 0 Å². The molecule has 0 bridgehead atoms. The second-order valence-corrected chi connectivity index (χ2v) is 3.67. The molecule has 3 nitrogen and oxygen atoms in total. The molecular formula is C13H13NO2. The van der Waals surface area contributed by atoms with E-state index in [4.69, 9.17) is 4.42 Å². The number of Topliss-reactive ketones (excluding diaryl/α,β-unsaturated/α-hetero) is 1. The summed E-state index contributed by atoms with van der Waals surface area (Å²) in [6.07, 6.45) is 1.59. The molecule has 0 saturated carbocycles. The van der Waals surface area contributed by atoms with Crippen LogP contribution in [0.5, 0.6) is 0 Å². The van der Waals surface area contributed by atoms with Crippen molar-refractivity contribution >= 4 is 17.4 Å². The molecule has 1 aromatic carbocycles. The number of carbonyl (C=O) groups excluding carboxylic acids is 1. The average molecular weight is 215 g/mol. The lowest BCUT2D eigenvalue weighted by atomic mass is 10.1. The van der Waals surface area contributed by atoms with Crippen LogP contribution in [0.15, 0.2) is 41.0 Å². The fraction of sp³-hybridized carbons (Fsp3) is 0.154. The lowest BCUT2D eigenvalue weighted by molar-refractivity contribution is 0.101. The predicted molar refractivity (Wildman–Crippen MR) is 63.2 cm³/mol. The first-order valence-corrected chi connectivity index (χ1v) is 5.09. The van der Waals surface area contributed by atoms with Gasteiger partial charge in [-0.05, 0) is 26.0 Å². The molecule has 0 aliphatic carbocycles. The van der Waals surface area contributed by atoms with Gasteiger partial charge in [0.1, 0.15) is 0 Å². The minimum atomic E-state index is 0.00433. The van der Waals surface area contributed by atoms with Crippen molar-refractivity contribution in [3.63, 3.8) is 0 Å². The summed E-state index contributed by atoms with van der Waals surface area (Å²) >= 11 is 0. The highest BCUT2D eigenvalue weighted by Crippen LogP contribution is 2.25. The fourth-order valence-electron chi connectivity index (χ4n) is 1.63. The van der Waals surface area contributed by atoms with Crippen molar-refractivity contribution in [2.24, 2.45) is 0 Å². The van der Waals surface area contributed by atoms with E-state index in [-0.39, 0.29) is 5.78 Å². The highest BCUT2D eigenvalue weighted by atomic mass is 16.3. The molecule has 0 aliphatic rings. The minimum absolute atomic E-state index is 0.00433. The lowest BCUT2D eigenvalue weighted by Crippen LogP contribution is -1.98. The highest BCUT2D eigenvalue weighted by molar-refractivity contribution is 6.00. The Bertz CT molecular complexity index is 500. The van der Waals surface area contributed by atoms with E-state index >= 15 is 0 Å². The summed E-state index contributed by atoms with van der Waals surface area (Å²) < 4.78 is 5.33. The van der Waals surface area contributed by atoms with Crippen molar-refractivity contribution in [3.05, 3.63) is 47.7 Å². The first-order chi connectivity index (χ1) is 7.68. The van der Waals surface area contributed by atoms with Crippen LogP contribution in [0, 0.1) is 6.92 Å². The monoisotopic (exact) mass is 215 g/mol. The largest absolute Gasteiger partial charge is 0.448 e. The normalized spacial score (nSPS) is 10.1. The van der Waals surface area contributed by atoms with Crippen LogP contribution >= 0.6 is 0 Å². The second kappa shape index (κ2) is 4.23. The minimum Gasteiger partial charge on any atom is -0.448 e. The third-order valence-electron chi connectivity index (χ3n) is 2.36. The maximum Gasteiger partial charge on any atom is 0.208 e.